The Balaban J connectivity index is 2.63. The number of Topliss-reactive ketones (excluding diaryl/α,β-unsaturated/α-hetero) is 1. The lowest BCUT2D eigenvalue weighted by molar-refractivity contribution is 0.0300. The van der Waals surface area contributed by atoms with Crippen molar-refractivity contribution >= 4 is 5.78 Å². The van der Waals surface area contributed by atoms with E-state index in [0.717, 1.165) is 12.0 Å². The predicted molar refractivity (Wildman–Crippen MR) is 65.6 cm³/mol. The van der Waals surface area contributed by atoms with Gasteiger partial charge >= 0.3 is 0 Å². The molecule has 0 aliphatic rings. The molecule has 16 heavy (non-hydrogen) atoms. The Morgan fingerprint density at radius 3 is 2.38 bits per heavy atom. The summed E-state index contributed by atoms with van der Waals surface area (Å²) in [5.74, 6) is 0.543. The first kappa shape index (κ1) is 12.9. The molecule has 0 fully saturated rings. The SMILES string of the molecule is CCC(OCC(C)C)C(=O)c1ccccc1. The fraction of sp³-hybridized carbons (Fsp3) is 0.500. The molecular weight excluding hydrogens is 200 g/mol. The molecule has 0 saturated heterocycles. The molecule has 2 heteroatoms. The number of carbonyl (C=O) groups is 1. The molecule has 1 rings (SSSR count). The number of carbonyl (C=O) groups excluding carboxylic acids is 1. The Labute approximate surface area is 97.6 Å². The molecule has 88 valence electrons. The molecule has 0 spiro atoms. The number of ether oxygens (including phenoxy) is 1. The number of hydrogen-bond donors (Lipinski definition) is 0. The molecule has 1 aromatic rings. The molecule has 0 radical (unpaired) electrons. The van der Waals surface area contributed by atoms with Gasteiger partial charge in [0.1, 0.15) is 6.10 Å². The Morgan fingerprint density at radius 2 is 1.88 bits per heavy atom. The maximum Gasteiger partial charge on any atom is 0.191 e. The fourth-order valence-electron chi connectivity index (χ4n) is 1.48. The molecule has 2 nitrogen and oxygen atoms in total. The van der Waals surface area contributed by atoms with Crippen molar-refractivity contribution in [2.75, 3.05) is 6.61 Å². The summed E-state index contributed by atoms with van der Waals surface area (Å²) in [5.41, 5.74) is 0.734. The minimum atomic E-state index is -0.301. The Bertz CT molecular complexity index is 317. The standard InChI is InChI=1S/C14H20O2/c1-4-13(16-10-11(2)3)14(15)12-8-6-5-7-9-12/h5-9,11,13H,4,10H2,1-3H3. The van der Waals surface area contributed by atoms with Gasteiger partial charge in [-0.1, -0.05) is 51.1 Å². The smallest absolute Gasteiger partial charge is 0.191 e. The highest BCUT2D eigenvalue weighted by Crippen LogP contribution is 2.10. The summed E-state index contributed by atoms with van der Waals surface area (Å²) in [7, 11) is 0. The predicted octanol–water partition coefficient (Wildman–Crippen LogP) is 3.32. The zero-order chi connectivity index (χ0) is 12.0. The van der Waals surface area contributed by atoms with Gasteiger partial charge < -0.3 is 4.74 Å². The van der Waals surface area contributed by atoms with Crippen LogP contribution >= 0.6 is 0 Å². The zero-order valence-corrected chi connectivity index (χ0v) is 10.3. The van der Waals surface area contributed by atoms with E-state index in [1.54, 1.807) is 0 Å². The van der Waals surface area contributed by atoms with Crippen molar-refractivity contribution in [3.8, 4) is 0 Å². The van der Waals surface area contributed by atoms with Crippen LogP contribution in [0.15, 0.2) is 30.3 Å². The topological polar surface area (TPSA) is 26.3 Å². The van der Waals surface area contributed by atoms with Gasteiger partial charge in [-0.3, -0.25) is 4.79 Å². The van der Waals surface area contributed by atoms with Crippen LogP contribution in [0.2, 0.25) is 0 Å². The average Bonchev–Trinajstić information content (AvgIpc) is 2.30. The molecule has 0 saturated carbocycles. The van der Waals surface area contributed by atoms with E-state index in [1.165, 1.54) is 0 Å². The van der Waals surface area contributed by atoms with Crippen LogP contribution in [0.25, 0.3) is 0 Å². The molecule has 0 aliphatic carbocycles. The monoisotopic (exact) mass is 220 g/mol. The van der Waals surface area contributed by atoms with E-state index < -0.39 is 0 Å². The third-order valence-electron chi connectivity index (χ3n) is 2.35. The summed E-state index contributed by atoms with van der Waals surface area (Å²) in [6.07, 6.45) is 0.422. The van der Waals surface area contributed by atoms with Crippen LogP contribution in [0.5, 0.6) is 0 Å². The lowest BCUT2D eigenvalue weighted by Crippen LogP contribution is -2.25. The van der Waals surface area contributed by atoms with Gasteiger partial charge in [0.2, 0.25) is 0 Å². The lowest BCUT2D eigenvalue weighted by Gasteiger charge is -2.16. The Morgan fingerprint density at radius 1 is 1.25 bits per heavy atom. The van der Waals surface area contributed by atoms with Gasteiger partial charge in [0.25, 0.3) is 0 Å². The second kappa shape index (κ2) is 6.44. The first-order chi connectivity index (χ1) is 7.65. The molecule has 0 aromatic heterocycles. The van der Waals surface area contributed by atoms with Gasteiger partial charge in [0, 0.05) is 12.2 Å². The molecule has 1 atom stereocenters. The summed E-state index contributed by atoms with van der Waals surface area (Å²) < 4.78 is 5.62. The van der Waals surface area contributed by atoms with Crippen LogP contribution in [0.1, 0.15) is 37.6 Å². The summed E-state index contributed by atoms with van der Waals surface area (Å²) >= 11 is 0. The molecule has 0 heterocycles. The van der Waals surface area contributed by atoms with Crippen molar-refractivity contribution in [2.24, 2.45) is 5.92 Å². The highest BCUT2D eigenvalue weighted by atomic mass is 16.5. The molecular formula is C14H20O2. The maximum atomic E-state index is 12.1. The minimum absolute atomic E-state index is 0.0868. The summed E-state index contributed by atoms with van der Waals surface area (Å²) in [4.78, 5) is 12.1. The second-order valence-electron chi connectivity index (χ2n) is 4.35. The number of benzene rings is 1. The molecule has 0 N–H and O–H groups in total. The molecule has 0 bridgehead atoms. The molecule has 0 amide bonds. The van der Waals surface area contributed by atoms with Gasteiger partial charge in [-0.15, -0.1) is 0 Å². The van der Waals surface area contributed by atoms with E-state index >= 15 is 0 Å². The normalized spacial score (nSPS) is 12.8. The summed E-state index contributed by atoms with van der Waals surface area (Å²) in [6.45, 7) is 6.78. The van der Waals surface area contributed by atoms with Crippen molar-refractivity contribution in [1.82, 2.24) is 0 Å². The Kier molecular flexibility index (Phi) is 5.20. The molecule has 1 unspecified atom stereocenters. The molecule has 0 aliphatic heterocycles. The first-order valence-corrected chi connectivity index (χ1v) is 5.86. The number of hydrogen-bond acceptors (Lipinski definition) is 2. The fourth-order valence-corrected chi connectivity index (χ4v) is 1.48. The van der Waals surface area contributed by atoms with Crippen LogP contribution in [0, 0.1) is 5.92 Å². The zero-order valence-electron chi connectivity index (χ0n) is 10.3. The average molecular weight is 220 g/mol. The third-order valence-corrected chi connectivity index (χ3v) is 2.35. The largest absolute Gasteiger partial charge is 0.370 e. The lowest BCUT2D eigenvalue weighted by atomic mass is 10.0. The van der Waals surface area contributed by atoms with Crippen molar-refractivity contribution in [3.05, 3.63) is 35.9 Å². The highest BCUT2D eigenvalue weighted by Gasteiger charge is 2.18. The highest BCUT2D eigenvalue weighted by molar-refractivity contribution is 5.99. The maximum absolute atomic E-state index is 12.1. The van der Waals surface area contributed by atoms with Crippen molar-refractivity contribution in [1.29, 1.82) is 0 Å². The van der Waals surface area contributed by atoms with E-state index in [-0.39, 0.29) is 11.9 Å². The molecule has 1 aromatic carbocycles. The van der Waals surface area contributed by atoms with Crippen molar-refractivity contribution < 1.29 is 9.53 Å². The van der Waals surface area contributed by atoms with E-state index in [0.29, 0.717) is 12.5 Å². The van der Waals surface area contributed by atoms with Crippen molar-refractivity contribution in [3.63, 3.8) is 0 Å². The number of rotatable bonds is 6. The van der Waals surface area contributed by atoms with Gasteiger partial charge in [0.05, 0.1) is 0 Å². The number of ketones is 1. The van der Waals surface area contributed by atoms with E-state index in [4.69, 9.17) is 4.74 Å². The van der Waals surface area contributed by atoms with E-state index in [1.807, 2.05) is 37.3 Å². The van der Waals surface area contributed by atoms with E-state index in [2.05, 4.69) is 13.8 Å². The third kappa shape index (κ3) is 3.78. The first-order valence-electron chi connectivity index (χ1n) is 5.86. The van der Waals surface area contributed by atoms with Gasteiger partial charge in [-0.05, 0) is 12.3 Å². The van der Waals surface area contributed by atoms with Gasteiger partial charge in [-0.25, -0.2) is 0 Å². The summed E-state index contributed by atoms with van der Waals surface area (Å²) in [6, 6.07) is 9.34. The Hall–Kier alpha value is -1.15. The van der Waals surface area contributed by atoms with Crippen LogP contribution in [0.3, 0.4) is 0 Å². The van der Waals surface area contributed by atoms with Crippen LogP contribution in [0.4, 0.5) is 0 Å². The van der Waals surface area contributed by atoms with Gasteiger partial charge in [-0.2, -0.15) is 0 Å². The minimum Gasteiger partial charge on any atom is -0.370 e. The summed E-state index contributed by atoms with van der Waals surface area (Å²) in [5, 5.41) is 0. The van der Waals surface area contributed by atoms with Crippen LogP contribution in [-0.2, 0) is 4.74 Å². The van der Waals surface area contributed by atoms with Crippen LogP contribution < -0.4 is 0 Å². The van der Waals surface area contributed by atoms with E-state index in [9.17, 15) is 4.79 Å². The van der Waals surface area contributed by atoms with Crippen molar-refractivity contribution in [2.45, 2.75) is 33.3 Å². The quantitative estimate of drug-likeness (QED) is 0.687. The van der Waals surface area contributed by atoms with Crippen LogP contribution in [-0.4, -0.2) is 18.5 Å². The second-order valence-corrected chi connectivity index (χ2v) is 4.35. The van der Waals surface area contributed by atoms with Gasteiger partial charge in [0.15, 0.2) is 5.78 Å².